The summed E-state index contributed by atoms with van der Waals surface area (Å²) in [5.41, 5.74) is 1.90. The molecular formula is C25H34ClN3O4S. The van der Waals surface area contributed by atoms with E-state index in [0.717, 1.165) is 21.9 Å². The number of carbonyl (C=O) groups excluding carboxylic acids is 2. The predicted octanol–water partition coefficient (Wildman–Crippen LogP) is 3.99. The maximum atomic E-state index is 13.5. The molecule has 186 valence electrons. The van der Waals surface area contributed by atoms with Crippen LogP contribution in [0.5, 0.6) is 0 Å². The number of nitrogens with zero attached hydrogens (tertiary/aromatic N) is 2. The molecule has 0 aliphatic rings. The largest absolute Gasteiger partial charge is 0.352 e. The van der Waals surface area contributed by atoms with Gasteiger partial charge in [-0.25, -0.2) is 8.42 Å². The van der Waals surface area contributed by atoms with Gasteiger partial charge in [-0.3, -0.25) is 9.59 Å². The molecule has 9 heteroatoms. The Hall–Kier alpha value is -2.42. The molecule has 0 saturated carbocycles. The fourth-order valence-electron chi connectivity index (χ4n) is 3.52. The number of benzene rings is 2. The van der Waals surface area contributed by atoms with Gasteiger partial charge in [-0.1, -0.05) is 55.3 Å². The van der Waals surface area contributed by atoms with Crippen molar-refractivity contribution in [1.82, 2.24) is 14.5 Å². The summed E-state index contributed by atoms with van der Waals surface area (Å²) >= 11 is 5.88. The van der Waals surface area contributed by atoms with Gasteiger partial charge in [0.25, 0.3) is 0 Å². The minimum absolute atomic E-state index is 0.0366. The first kappa shape index (κ1) is 27.8. The average molecular weight is 508 g/mol. The van der Waals surface area contributed by atoms with Crippen molar-refractivity contribution in [3.63, 3.8) is 0 Å². The maximum absolute atomic E-state index is 13.5. The van der Waals surface area contributed by atoms with Gasteiger partial charge < -0.3 is 10.2 Å². The monoisotopic (exact) mass is 507 g/mol. The summed E-state index contributed by atoms with van der Waals surface area (Å²) in [6, 6.07) is 12.7. The zero-order valence-corrected chi connectivity index (χ0v) is 22.0. The minimum atomic E-state index is -3.91. The van der Waals surface area contributed by atoms with Crippen LogP contribution in [0.3, 0.4) is 0 Å². The normalized spacial score (nSPS) is 13.4. The van der Waals surface area contributed by atoms with E-state index in [0.29, 0.717) is 11.4 Å². The van der Waals surface area contributed by atoms with E-state index in [1.54, 1.807) is 0 Å². The standard InChI is InChI=1S/C25H34ClN3O4S/c1-6-19(4)27-25(31)23(7-2)29(16-20-10-8-9-18(3)15-20)24(30)17-28(5)34(32,33)22-13-11-21(26)12-14-22/h8-15,19,23H,6-7,16-17H2,1-5H3,(H,27,31). The third kappa shape index (κ3) is 7.29. The Bertz CT molecular complexity index is 1090. The molecule has 7 nitrogen and oxygen atoms in total. The van der Waals surface area contributed by atoms with Crippen LogP contribution in [0.1, 0.15) is 44.7 Å². The van der Waals surface area contributed by atoms with Crippen molar-refractivity contribution in [2.24, 2.45) is 0 Å². The summed E-state index contributed by atoms with van der Waals surface area (Å²) in [5, 5.41) is 3.37. The van der Waals surface area contributed by atoms with Crippen LogP contribution in [0, 0.1) is 6.92 Å². The summed E-state index contributed by atoms with van der Waals surface area (Å²) in [4.78, 5) is 28.0. The third-order valence-electron chi connectivity index (χ3n) is 5.70. The number of aryl methyl sites for hydroxylation is 1. The van der Waals surface area contributed by atoms with Gasteiger partial charge in [0.2, 0.25) is 21.8 Å². The first-order chi connectivity index (χ1) is 16.0. The highest BCUT2D eigenvalue weighted by molar-refractivity contribution is 7.89. The van der Waals surface area contributed by atoms with Crippen molar-refractivity contribution < 1.29 is 18.0 Å². The fourth-order valence-corrected chi connectivity index (χ4v) is 4.77. The Kier molecular flexibility index (Phi) is 10.1. The lowest BCUT2D eigenvalue weighted by Gasteiger charge is -2.32. The van der Waals surface area contributed by atoms with Gasteiger partial charge in [-0.15, -0.1) is 0 Å². The number of rotatable bonds is 11. The Labute approximate surface area is 208 Å². The number of halogens is 1. The van der Waals surface area contributed by atoms with Gasteiger partial charge in [0.1, 0.15) is 6.04 Å². The summed E-state index contributed by atoms with van der Waals surface area (Å²) in [5.74, 6) is -0.700. The SMILES string of the molecule is CCC(C)NC(=O)C(CC)N(Cc1cccc(C)c1)C(=O)CN(C)S(=O)(=O)c1ccc(Cl)cc1. The summed E-state index contributed by atoms with van der Waals surface area (Å²) in [6.07, 6.45) is 1.16. The molecule has 1 N–H and O–H groups in total. The van der Waals surface area contributed by atoms with Gasteiger partial charge >= 0.3 is 0 Å². The molecule has 2 rings (SSSR count). The van der Waals surface area contributed by atoms with Crippen molar-refractivity contribution in [3.8, 4) is 0 Å². The molecule has 2 aromatic rings. The predicted molar refractivity (Wildman–Crippen MR) is 135 cm³/mol. The number of amides is 2. The van der Waals surface area contributed by atoms with E-state index in [-0.39, 0.29) is 23.4 Å². The number of nitrogens with one attached hydrogen (secondary N) is 1. The molecule has 0 fully saturated rings. The lowest BCUT2D eigenvalue weighted by Crippen LogP contribution is -2.53. The van der Waals surface area contributed by atoms with Gasteiger partial charge in [0, 0.05) is 24.7 Å². The number of hydrogen-bond acceptors (Lipinski definition) is 4. The fraction of sp³-hybridized carbons (Fsp3) is 0.440. The summed E-state index contributed by atoms with van der Waals surface area (Å²) in [6.45, 7) is 7.47. The van der Waals surface area contributed by atoms with E-state index < -0.39 is 28.5 Å². The van der Waals surface area contributed by atoms with Crippen LogP contribution in [-0.2, 0) is 26.2 Å². The molecule has 0 bridgehead atoms. The highest BCUT2D eigenvalue weighted by Crippen LogP contribution is 2.19. The van der Waals surface area contributed by atoms with Crippen LogP contribution in [-0.4, -0.2) is 55.1 Å². The molecule has 0 heterocycles. The second kappa shape index (κ2) is 12.3. The van der Waals surface area contributed by atoms with Gasteiger partial charge in [-0.2, -0.15) is 4.31 Å². The van der Waals surface area contributed by atoms with Crippen molar-refractivity contribution >= 4 is 33.4 Å². The lowest BCUT2D eigenvalue weighted by molar-refractivity contribution is -0.141. The Balaban J connectivity index is 2.33. The number of hydrogen-bond donors (Lipinski definition) is 1. The van der Waals surface area contributed by atoms with Gasteiger partial charge in [0.15, 0.2) is 0 Å². The molecular weight excluding hydrogens is 474 g/mol. The first-order valence-electron chi connectivity index (χ1n) is 11.4. The van der Waals surface area contributed by atoms with Crippen molar-refractivity contribution in [3.05, 3.63) is 64.7 Å². The van der Waals surface area contributed by atoms with E-state index in [9.17, 15) is 18.0 Å². The second-order valence-corrected chi connectivity index (χ2v) is 10.9. The van der Waals surface area contributed by atoms with Crippen LogP contribution < -0.4 is 5.32 Å². The van der Waals surface area contributed by atoms with E-state index in [2.05, 4.69) is 5.32 Å². The van der Waals surface area contributed by atoms with Crippen molar-refractivity contribution in [1.29, 1.82) is 0 Å². The first-order valence-corrected chi connectivity index (χ1v) is 13.2. The van der Waals surface area contributed by atoms with Crippen molar-refractivity contribution in [2.45, 2.75) is 64.1 Å². The molecule has 34 heavy (non-hydrogen) atoms. The van der Waals surface area contributed by atoms with Crippen LogP contribution in [0.2, 0.25) is 5.02 Å². The highest BCUT2D eigenvalue weighted by Gasteiger charge is 2.32. The highest BCUT2D eigenvalue weighted by atomic mass is 35.5. The van der Waals surface area contributed by atoms with Crippen LogP contribution in [0.15, 0.2) is 53.4 Å². The molecule has 0 radical (unpaired) electrons. The van der Waals surface area contributed by atoms with Crippen molar-refractivity contribution in [2.75, 3.05) is 13.6 Å². The molecule has 0 spiro atoms. The average Bonchev–Trinajstić information content (AvgIpc) is 2.79. The topological polar surface area (TPSA) is 86.8 Å². The summed E-state index contributed by atoms with van der Waals surface area (Å²) < 4.78 is 27.0. The second-order valence-electron chi connectivity index (χ2n) is 8.47. The quantitative estimate of drug-likeness (QED) is 0.498. The summed E-state index contributed by atoms with van der Waals surface area (Å²) in [7, 11) is -2.56. The molecule has 2 amide bonds. The molecule has 2 atom stereocenters. The van der Waals surface area contributed by atoms with E-state index in [1.165, 1.54) is 36.2 Å². The molecule has 0 saturated heterocycles. The zero-order valence-electron chi connectivity index (χ0n) is 20.4. The molecule has 0 aliphatic carbocycles. The van der Waals surface area contributed by atoms with E-state index in [4.69, 9.17) is 11.6 Å². The Morgan fingerprint density at radius 3 is 2.26 bits per heavy atom. The van der Waals surface area contributed by atoms with Gasteiger partial charge in [0.05, 0.1) is 11.4 Å². The molecule has 2 unspecified atom stereocenters. The number of likely N-dealkylation sites (N-methyl/N-ethyl adjacent to an activating group) is 1. The number of carbonyl (C=O) groups is 2. The van der Waals surface area contributed by atoms with E-state index in [1.807, 2.05) is 52.0 Å². The van der Waals surface area contributed by atoms with Crippen LogP contribution >= 0.6 is 11.6 Å². The molecule has 0 aliphatic heterocycles. The zero-order chi connectivity index (χ0) is 25.5. The third-order valence-corrected chi connectivity index (χ3v) is 7.77. The smallest absolute Gasteiger partial charge is 0.243 e. The van der Waals surface area contributed by atoms with E-state index >= 15 is 0 Å². The molecule has 0 aromatic heterocycles. The van der Waals surface area contributed by atoms with Crippen LogP contribution in [0.25, 0.3) is 0 Å². The molecule has 2 aromatic carbocycles. The Morgan fingerprint density at radius 2 is 1.71 bits per heavy atom. The maximum Gasteiger partial charge on any atom is 0.243 e. The Morgan fingerprint density at radius 1 is 1.06 bits per heavy atom. The van der Waals surface area contributed by atoms with Crippen LogP contribution in [0.4, 0.5) is 0 Å². The van der Waals surface area contributed by atoms with Gasteiger partial charge in [-0.05, 0) is 56.5 Å². The number of sulfonamides is 1. The minimum Gasteiger partial charge on any atom is -0.352 e. The lowest BCUT2D eigenvalue weighted by atomic mass is 10.1.